The van der Waals surface area contributed by atoms with E-state index in [-0.39, 0.29) is 6.61 Å². The Bertz CT molecular complexity index is 684. The van der Waals surface area contributed by atoms with Gasteiger partial charge in [-0.1, -0.05) is 18.2 Å². The van der Waals surface area contributed by atoms with Crippen molar-refractivity contribution in [3.05, 3.63) is 48.3 Å². The first-order chi connectivity index (χ1) is 10.9. The topological polar surface area (TPSA) is 82.4 Å². The van der Waals surface area contributed by atoms with E-state index in [0.717, 1.165) is 0 Å². The molecule has 1 aromatic heterocycles. The van der Waals surface area contributed by atoms with Gasteiger partial charge < -0.3 is 14.8 Å². The van der Waals surface area contributed by atoms with Crippen molar-refractivity contribution in [1.82, 2.24) is 15.1 Å². The fourth-order valence-electron chi connectivity index (χ4n) is 1.98. The molecule has 0 bridgehead atoms. The summed E-state index contributed by atoms with van der Waals surface area (Å²) in [6, 6.07) is 9.02. The van der Waals surface area contributed by atoms with E-state index in [4.69, 9.17) is 9.47 Å². The van der Waals surface area contributed by atoms with E-state index in [0.29, 0.717) is 11.3 Å². The summed E-state index contributed by atoms with van der Waals surface area (Å²) >= 11 is 0. The van der Waals surface area contributed by atoms with Crippen LogP contribution in [0.25, 0.3) is 0 Å². The molecule has 0 saturated heterocycles. The highest BCUT2D eigenvalue weighted by Gasteiger charge is 2.37. The van der Waals surface area contributed by atoms with E-state index in [2.05, 4.69) is 10.4 Å². The zero-order valence-corrected chi connectivity index (χ0v) is 13.3. The van der Waals surface area contributed by atoms with E-state index in [1.54, 1.807) is 32.3 Å². The molecule has 2 aromatic rings. The first-order valence-corrected chi connectivity index (χ1v) is 7.02. The Morgan fingerprint density at radius 1 is 1.30 bits per heavy atom. The maximum absolute atomic E-state index is 12.3. The number of ether oxygens (including phenoxy) is 2. The van der Waals surface area contributed by atoms with Gasteiger partial charge in [0.15, 0.2) is 5.54 Å². The fraction of sp³-hybridized carbons (Fsp3) is 0.312. The van der Waals surface area contributed by atoms with Crippen LogP contribution < -0.4 is 10.1 Å². The molecule has 1 N–H and O–H groups in total. The molecule has 7 nitrogen and oxygen atoms in total. The summed E-state index contributed by atoms with van der Waals surface area (Å²) in [6.07, 6.45) is 2.98. The molecule has 0 unspecified atom stereocenters. The van der Waals surface area contributed by atoms with E-state index in [9.17, 15) is 9.59 Å². The minimum absolute atomic E-state index is 0.0598. The molecular weight excluding hydrogens is 298 g/mol. The van der Waals surface area contributed by atoms with Gasteiger partial charge in [-0.25, -0.2) is 4.79 Å². The van der Waals surface area contributed by atoms with Gasteiger partial charge >= 0.3 is 5.97 Å². The number of aryl methyl sites for hydroxylation is 1. The molecule has 0 aliphatic carbocycles. The van der Waals surface area contributed by atoms with Crippen molar-refractivity contribution in [3.63, 3.8) is 0 Å². The Morgan fingerprint density at radius 3 is 2.57 bits per heavy atom. The lowest BCUT2D eigenvalue weighted by molar-refractivity contribution is -0.148. The van der Waals surface area contributed by atoms with Gasteiger partial charge in [-0.05, 0) is 19.1 Å². The molecule has 0 spiro atoms. The standard InChI is InChI=1S/C16H19N3O4/c1-16(15(21)22-3,11-23-13-7-5-4-6-8-13)18-14(20)12-9-17-19(2)10-12/h4-10H,11H2,1-3H3,(H,18,20)/t16-/m0/s1. The van der Waals surface area contributed by atoms with Crippen LogP contribution in [0.5, 0.6) is 5.75 Å². The molecule has 0 radical (unpaired) electrons. The third kappa shape index (κ3) is 4.09. The number of carbonyl (C=O) groups is 2. The normalized spacial score (nSPS) is 13.0. The van der Waals surface area contributed by atoms with Crippen molar-refractivity contribution < 1.29 is 19.1 Å². The fourth-order valence-corrected chi connectivity index (χ4v) is 1.98. The number of hydrogen-bond donors (Lipinski definition) is 1. The van der Waals surface area contributed by atoms with Gasteiger partial charge in [-0.2, -0.15) is 5.10 Å². The minimum Gasteiger partial charge on any atom is -0.491 e. The zero-order valence-electron chi connectivity index (χ0n) is 13.3. The molecule has 7 heteroatoms. The first-order valence-electron chi connectivity index (χ1n) is 7.02. The van der Waals surface area contributed by atoms with Crippen LogP contribution in [0, 0.1) is 0 Å². The van der Waals surface area contributed by atoms with Crippen molar-refractivity contribution in [3.8, 4) is 5.75 Å². The van der Waals surface area contributed by atoms with Crippen LogP contribution in [0.2, 0.25) is 0 Å². The number of methoxy groups -OCH3 is 1. The second kappa shape index (κ2) is 6.95. The lowest BCUT2D eigenvalue weighted by atomic mass is 10.0. The van der Waals surface area contributed by atoms with Crippen LogP contribution in [0.3, 0.4) is 0 Å². The minimum atomic E-state index is -1.32. The van der Waals surface area contributed by atoms with Crippen LogP contribution in [0.4, 0.5) is 0 Å². The Hall–Kier alpha value is -2.83. The monoisotopic (exact) mass is 317 g/mol. The molecular formula is C16H19N3O4. The zero-order chi connectivity index (χ0) is 16.9. The second-order valence-electron chi connectivity index (χ2n) is 5.28. The van der Waals surface area contributed by atoms with Gasteiger partial charge in [0.2, 0.25) is 0 Å². The molecule has 2 rings (SSSR count). The number of nitrogens with zero attached hydrogens (tertiary/aromatic N) is 2. The molecule has 122 valence electrons. The molecule has 0 fully saturated rings. The van der Waals surface area contributed by atoms with Crippen molar-refractivity contribution >= 4 is 11.9 Å². The summed E-state index contributed by atoms with van der Waals surface area (Å²) in [7, 11) is 2.97. The number of amides is 1. The second-order valence-corrected chi connectivity index (χ2v) is 5.28. The SMILES string of the molecule is COC(=O)[C@](C)(COc1ccccc1)NC(=O)c1cnn(C)c1. The van der Waals surface area contributed by atoms with Gasteiger partial charge in [-0.15, -0.1) is 0 Å². The molecule has 0 aliphatic heterocycles. The summed E-state index contributed by atoms with van der Waals surface area (Å²) in [5.41, 5.74) is -0.973. The van der Waals surface area contributed by atoms with Crippen molar-refractivity contribution in [1.29, 1.82) is 0 Å². The van der Waals surface area contributed by atoms with E-state index in [1.807, 2.05) is 18.2 Å². The Balaban J connectivity index is 2.11. The van der Waals surface area contributed by atoms with Gasteiger partial charge in [0.05, 0.1) is 18.9 Å². The summed E-state index contributed by atoms with van der Waals surface area (Å²) < 4.78 is 11.9. The third-order valence-corrected chi connectivity index (χ3v) is 3.26. The number of rotatable bonds is 6. The Morgan fingerprint density at radius 2 is 2.00 bits per heavy atom. The lowest BCUT2D eigenvalue weighted by Gasteiger charge is -2.27. The number of aromatic nitrogens is 2. The highest BCUT2D eigenvalue weighted by atomic mass is 16.5. The maximum atomic E-state index is 12.3. The predicted octanol–water partition coefficient (Wildman–Crippen LogP) is 1.16. The van der Waals surface area contributed by atoms with E-state index < -0.39 is 17.4 Å². The van der Waals surface area contributed by atoms with Crippen LogP contribution in [0.1, 0.15) is 17.3 Å². The number of nitrogens with one attached hydrogen (secondary N) is 1. The van der Waals surface area contributed by atoms with Crippen molar-refractivity contribution in [2.45, 2.75) is 12.5 Å². The van der Waals surface area contributed by atoms with Crippen LogP contribution in [-0.2, 0) is 16.6 Å². The van der Waals surface area contributed by atoms with Crippen LogP contribution in [0.15, 0.2) is 42.7 Å². The van der Waals surface area contributed by atoms with Crippen molar-refractivity contribution in [2.24, 2.45) is 7.05 Å². The molecule has 0 aliphatic rings. The molecule has 1 atom stereocenters. The number of para-hydroxylation sites is 1. The van der Waals surface area contributed by atoms with Crippen LogP contribution in [-0.4, -0.2) is 40.9 Å². The number of esters is 1. The Kier molecular flexibility index (Phi) is 5.00. The van der Waals surface area contributed by atoms with Gasteiger partial charge in [0.1, 0.15) is 12.4 Å². The van der Waals surface area contributed by atoms with Gasteiger partial charge in [0, 0.05) is 13.2 Å². The maximum Gasteiger partial charge on any atom is 0.334 e. The largest absolute Gasteiger partial charge is 0.491 e. The quantitative estimate of drug-likeness (QED) is 0.809. The predicted molar refractivity (Wildman–Crippen MR) is 83.0 cm³/mol. The highest BCUT2D eigenvalue weighted by molar-refractivity contribution is 5.97. The Labute approximate surface area is 134 Å². The molecule has 0 saturated carbocycles. The third-order valence-electron chi connectivity index (χ3n) is 3.26. The number of carbonyl (C=O) groups excluding carboxylic acids is 2. The van der Waals surface area contributed by atoms with Gasteiger partial charge in [0.25, 0.3) is 5.91 Å². The smallest absolute Gasteiger partial charge is 0.334 e. The molecule has 1 aromatic carbocycles. The van der Waals surface area contributed by atoms with Gasteiger partial charge in [-0.3, -0.25) is 9.48 Å². The van der Waals surface area contributed by atoms with E-state index in [1.165, 1.54) is 18.0 Å². The highest BCUT2D eigenvalue weighted by Crippen LogP contribution is 2.14. The summed E-state index contributed by atoms with van der Waals surface area (Å²) in [5, 5.41) is 6.59. The number of hydrogen-bond acceptors (Lipinski definition) is 5. The van der Waals surface area contributed by atoms with E-state index >= 15 is 0 Å². The number of benzene rings is 1. The lowest BCUT2D eigenvalue weighted by Crippen LogP contribution is -2.56. The van der Waals surface area contributed by atoms with Crippen molar-refractivity contribution in [2.75, 3.05) is 13.7 Å². The summed E-state index contributed by atoms with van der Waals surface area (Å²) in [6.45, 7) is 1.49. The summed E-state index contributed by atoms with van der Waals surface area (Å²) in [4.78, 5) is 24.4. The molecule has 23 heavy (non-hydrogen) atoms. The molecule has 1 heterocycles. The van der Waals surface area contributed by atoms with Crippen LogP contribution >= 0.6 is 0 Å². The molecule has 1 amide bonds. The first kappa shape index (κ1) is 16.5. The average molecular weight is 317 g/mol. The average Bonchev–Trinajstić information content (AvgIpc) is 3.00. The summed E-state index contributed by atoms with van der Waals surface area (Å²) in [5.74, 6) is -0.424.